The van der Waals surface area contributed by atoms with E-state index in [0.717, 1.165) is 11.1 Å². The Labute approximate surface area is 150 Å². The fourth-order valence-corrected chi connectivity index (χ4v) is 2.51. The topological polar surface area (TPSA) is 81.5 Å². The number of benzene rings is 2. The van der Waals surface area contributed by atoms with Gasteiger partial charge in [0.2, 0.25) is 0 Å². The summed E-state index contributed by atoms with van der Waals surface area (Å²) in [6.07, 6.45) is 0.693. The van der Waals surface area contributed by atoms with Crippen LogP contribution >= 0.6 is 11.6 Å². The quantitative estimate of drug-likeness (QED) is 0.591. The van der Waals surface area contributed by atoms with Gasteiger partial charge in [0.1, 0.15) is 0 Å². The highest BCUT2D eigenvalue weighted by Crippen LogP contribution is 2.27. The zero-order valence-corrected chi connectivity index (χ0v) is 14.7. The summed E-state index contributed by atoms with van der Waals surface area (Å²) in [6.45, 7) is 3.40. The fraction of sp³-hybridized carbons (Fsp3) is 0.278. The molecular weight excluding hydrogens is 344 g/mol. The molecule has 0 aromatic heterocycles. The third-order valence-corrected chi connectivity index (χ3v) is 3.94. The lowest BCUT2D eigenvalue weighted by atomic mass is 10.0. The van der Waals surface area contributed by atoms with Gasteiger partial charge in [-0.15, -0.1) is 0 Å². The number of carbonyl (C=O) groups excluding carboxylic acids is 1. The van der Waals surface area contributed by atoms with Gasteiger partial charge in [-0.05, 0) is 42.7 Å². The van der Waals surface area contributed by atoms with Crippen molar-refractivity contribution in [2.24, 2.45) is 0 Å². The largest absolute Gasteiger partial charge is 0.477 e. The second-order valence-corrected chi connectivity index (χ2v) is 6.03. The number of nitrogens with one attached hydrogen (secondary N) is 1. The number of rotatable bonds is 7. The SMILES string of the molecule is CCC(NC(=O)COc1ccc(C)cc1[N+](=O)[O-])c1ccc(Cl)cc1. The number of carbonyl (C=O) groups is 1. The van der Waals surface area contributed by atoms with Crippen LogP contribution in [0.25, 0.3) is 0 Å². The molecule has 0 aliphatic heterocycles. The van der Waals surface area contributed by atoms with E-state index in [-0.39, 0.29) is 30.0 Å². The Morgan fingerprint density at radius 2 is 1.96 bits per heavy atom. The minimum atomic E-state index is -0.525. The Morgan fingerprint density at radius 3 is 2.56 bits per heavy atom. The van der Waals surface area contributed by atoms with Gasteiger partial charge in [0, 0.05) is 11.1 Å². The standard InChI is InChI=1S/C18H19ClN2O4/c1-3-15(13-5-7-14(19)8-6-13)20-18(22)11-25-17-9-4-12(2)10-16(17)21(23)24/h4-10,15H,3,11H2,1-2H3,(H,20,22). The molecule has 132 valence electrons. The van der Waals surface area contributed by atoms with E-state index >= 15 is 0 Å². The molecule has 0 saturated heterocycles. The highest BCUT2D eigenvalue weighted by molar-refractivity contribution is 6.30. The van der Waals surface area contributed by atoms with Crippen LogP contribution in [0.3, 0.4) is 0 Å². The van der Waals surface area contributed by atoms with Gasteiger partial charge in [0.15, 0.2) is 12.4 Å². The molecule has 1 unspecified atom stereocenters. The van der Waals surface area contributed by atoms with Crippen LogP contribution in [0.4, 0.5) is 5.69 Å². The highest BCUT2D eigenvalue weighted by atomic mass is 35.5. The Balaban J connectivity index is 2.00. The minimum Gasteiger partial charge on any atom is -0.477 e. The monoisotopic (exact) mass is 362 g/mol. The van der Waals surface area contributed by atoms with Gasteiger partial charge in [-0.3, -0.25) is 14.9 Å². The summed E-state index contributed by atoms with van der Waals surface area (Å²) in [5.74, 6) is -0.276. The van der Waals surface area contributed by atoms with Crippen LogP contribution in [-0.2, 0) is 4.79 Å². The molecule has 2 aromatic carbocycles. The number of hydrogen-bond donors (Lipinski definition) is 1. The molecule has 0 saturated carbocycles. The van der Waals surface area contributed by atoms with Crippen molar-refractivity contribution in [3.05, 3.63) is 68.7 Å². The molecule has 2 aromatic rings. The molecule has 25 heavy (non-hydrogen) atoms. The molecule has 0 fully saturated rings. The summed E-state index contributed by atoms with van der Waals surface area (Å²) in [6, 6.07) is 11.7. The van der Waals surface area contributed by atoms with Gasteiger partial charge >= 0.3 is 5.69 Å². The van der Waals surface area contributed by atoms with Crippen LogP contribution in [0.2, 0.25) is 5.02 Å². The molecule has 0 heterocycles. The summed E-state index contributed by atoms with van der Waals surface area (Å²) in [7, 11) is 0. The summed E-state index contributed by atoms with van der Waals surface area (Å²) in [5, 5.41) is 14.6. The van der Waals surface area contributed by atoms with Gasteiger partial charge in [-0.1, -0.05) is 36.7 Å². The van der Waals surface area contributed by atoms with Crippen LogP contribution in [0.1, 0.15) is 30.5 Å². The first-order valence-corrected chi connectivity index (χ1v) is 8.21. The van der Waals surface area contributed by atoms with Gasteiger partial charge in [0.25, 0.3) is 5.91 Å². The van der Waals surface area contributed by atoms with Crippen molar-refractivity contribution in [1.82, 2.24) is 5.32 Å². The molecule has 6 nitrogen and oxygen atoms in total. The van der Waals surface area contributed by atoms with Gasteiger partial charge in [-0.2, -0.15) is 0 Å². The average Bonchev–Trinajstić information content (AvgIpc) is 2.59. The Bertz CT molecular complexity index is 762. The average molecular weight is 363 g/mol. The summed E-state index contributed by atoms with van der Waals surface area (Å²) in [5.41, 5.74) is 1.52. The number of halogens is 1. The van der Waals surface area contributed by atoms with E-state index in [2.05, 4.69) is 5.32 Å². The van der Waals surface area contributed by atoms with Gasteiger partial charge < -0.3 is 10.1 Å². The molecule has 7 heteroatoms. The van der Waals surface area contributed by atoms with Crippen molar-refractivity contribution in [2.75, 3.05) is 6.61 Å². The summed E-state index contributed by atoms with van der Waals surface area (Å²) >= 11 is 5.87. The van der Waals surface area contributed by atoms with E-state index in [1.54, 1.807) is 25.1 Å². The zero-order chi connectivity index (χ0) is 18.4. The van der Waals surface area contributed by atoms with Crippen molar-refractivity contribution in [1.29, 1.82) is 0 Å². The van der Waals surface area contributed by atoms with Crippen molar-refractivity contribution in [2.45, 2.75) is 26.3 Å². The molecule has 1 atom stereocenters. The predicted molar refractivity (Wildman–Crippen MR) is 96.0 cm³/mol. The van der Waals surface area contributed by atoms with Crippen LogP contribution in [0.5, 0.6) is 5.75 Å². The lowest BCUT2D eigenvalue weighted by molar-refractivity contribution is -0.385. The maximum Gasteiger partial charge on any atom is 0.311 e. The van der Waals surface area contributed by atoms with Crippen LogP contribution in [-0.4, -0.2) is 17.4 Å². The first-order chi connectivity index (χ1) is 11.9. The third kappa shape index (κ3) is 5.19. The number of nitro groups is 1. The van der Waals surface area contributed by atoms with E-state index in [4.69, 9.17) is 16.3 Å². The minimum absolute atomic E-state index is 0.0743. The van der Waals surface area contributed by atoms with E-state index in [1.165, 1.54) is 12.1 Å². The molecule has 0 bridgehead atoms. The predicted octanol–water partition coefficient (Wildman–Crippen LogP) is 4.20. The van der Waals surface area contributed by atoms with Crippen molar-refractivity contribution >= 4 is 23.2 Å². The van der Waals surface area contributed by atoms with E-state index < -0.39 is 4.92 Å². The summed E-state index contributed by atoms with van der Waals surface area (Å²) < 4.78 is 5.34. The molecule has 0 aliphatic rings. The smallest absolute Gasteiger partial charge is 0.311 e. The second-order valence-electron chi connectivity index (χ2n) is 5.60. The van der Waals surface area contributed by atoms with Gasteiger partial charge in [-0.25, -0.2) is 0 Å². The molecular formula is C18H19ClN2O4. The molecule has 2 rings (SSSR count). The maximum atomic E-state index is 12.1. The number of amides is 1. The molecule has 0 spiro atoms. The van der Waals surface area contributed by atoms with Crippen LogP contribution in [0, 0.1) is 17.0 Å². The number of nitrogens with zero attached hydrogens (tertiary/aromatic N) is 1. The van der Waals surface area contributed by atoms with Crippen molar-refractivity contribution in [3.8, 4) is 5.75 Å². The maximum absolute atomic E-state index is 12.1. The number of nitro benzene ring substituents is 1. The number of aryl methyl sites for hydroxylation is 1. The van der Waals surface area contributed by atoms with Crippen LogP contribution in [0.15, 0.2) is 42.5 Å². The van der Waals surface area contributed by atoms with Crippen molar-refractivity contribution < 1.29 is 14.5 Å². The Hall–Kier alpha value is -2.60. The van der Waals surface area contributed by atoms with Gasteiger partial charge in [0.05, 0.1) is 11.0 Å². The van der Waals surface area contributed by atoms with Crippen molar-refractivity contribution in [3.63, 3.8) is 0 Å². The van der Waals surface area contributed by atoms with E-state index in [1.807, 2.05) is 19.1 Å². The molecule has 1 amide bonds. The highest BCUT2D eigenvalue weighted by Gasteiger charge is 2.18. The van der Waals surface area contributed by atoms with E-state index in [0.29, 0.717) is 11.4 Å². The Morgan fingerprint density at radius 1 is 1.28 bits per heavy atom. The zero-order valence-electron chi connectivity index (χ0n) is 14.0. The third-order valence-electron chi connectivity index (χ3n) is 3.69. The molecule has 0 radical (unpaired) electrons. The number of ether oxygens (including phenoxy) is 1. The summed E-state index contributed by atoms with van der Waals surface area (Å²) in [4.78, 5) is 22.7. The fourth-order valence-electron chi connectivity index (χ4n) is 2.39. The second kappa shape index (κ2) is 8.48. The normalized spacial score (nSPS) is 11.6. The molecule has 1 N–H and O–H groups in total. The number of hydrogen-bond acceptors (Lipinski definition) is 4. The molecule has 0 aliphatic carbocycles. The first kappa shape index (κ1) is 18.7. The van der Waals surface area contributed by atoms with E-state index in [9.17, 15) is 14.9 Å². The first-order valence-electron chi connectivity index (χ1n) is 7.83. The Kier molecular flexibility index (Phi) is 6.36. The lowest BCUT2D eigenvalue weighted by Gasteiger charge is -2.17. The lowest BCUT2D eigenvalue weighted by Crippen LogP contribution is -2.32. The van der Waals surface area contributed by atoms with Crippen LogP contribution < -0.4 is 10.1 Å².